The molecule has 1 N–H and O–H groups in total. The zero-order valence-corrected chi connectivity index (χ0v) is 11.0. The number of halogens is 1. The van der Waals surface area contributed by atoms with E-state index in [0.717, 1.165) is 24.2 Å². The summed E-state index contributed by atoms with van der Waals surface area (Å²) in [6.07, 6.45) is 0.866. The Hall–Kier alpha value is -2.03. The molecule has 0 fully saturated rings. The molecule has 2 nitrogen and oxygen atoms in total. The second-order valence-corrected chi connectivity index (χ2v) is 4.40. The van der Waals surface area contributed by atoms with Gasteiger partial charge in [0.25, 0.3) is 0 Å². The van der Waals surface area contributed by atoms with Crippen LogP contribution in [0.5, 0.6) is 5.75 Å². The van der Waals surface area contributed by atoms with Gasteiger partial charge in [-0.05, 0) is 37.1 Å². The van der Waals surface area contributed by atoms with Gasteiger partial charge in [0.2, 0.25) is 0 Å². The summed E-state index contributed by atoms with van der Waals surface area (Å²) in [6, 6.07) is 14.6. The largest absolute Gasteiger partial charge is 0.493 e. The Bertz CT molecular complexity index is 513. The van der Waals surface area contributed by atoms with E-state index >= 15 is 0 Å². The summed E-state index contributed by atoms with van der Waals surface area (Å²) in [7, 11) is 0. The highest BCUT2D eigenvalue weighted by atomic mass is 19.1. The summed E-state index contributed by atoms with van der Waals surface area (Å²) < 4.78 is 18.6. The molecule has 100 valence electrons. The Balaban J connectivity index is 1.71. The Morgan fingerprint density at radius 3 is 2.68 bits per heavy atom. The molecule has 0 aliphatic heterocycles. The van der Waals surface area contributed by atoms with Crippen LogP contribution in [0.1, 0.15) is 12.0 Å². The minimum atomic E-state index is -0.261. The number of nitrogens with one attached hydrogen (secondary N) is 1. The SMILES string of the molecule is Cc1ccc(F)cc1OCCCNc1ccccc1. The van der Waals surface area contributed by atoms with Crippen LogP contribution in [0.25, 0.3) is 0 Å². The van der Waals surface area contributed by atoms with E-state index in [1.165, 1.54) is 12.1 Å². The molecule has 2 aromatic carbocycles. The Labute approximate surface area is 113 Å². The molecule has 0 aliphatic rings. The van der Waals surface area contributed by atoms with Gasteiger partial charge in [0, 0.05) is 18.3 Å². The third-order valence-corrected chi connectivity index (χ3v) is 2.83. The van der Waals surface area contributed by atoms with Gasteiger partial charge in [-0.15, -0.1) is 0 Å². The van der Waals surface area contributed by atoms with Crippen LogP contribution in [0.2, 0.25) is 0 Å². The van der Waals surface area contributed by atoms with Crippen molar-refractivity contribution in [1.29, 1.82) is 0 Å². The molecule has 0 saturated heterocycles. The Morgan fingerprint density at radius 2 is 1.89 bits per heavy atom. The van der Waals surface area contributed by atoms with Gasteiger partial charge in [-0.1, -0.05) is 24.3 Å². The van der Waals surface area contributed by atoms with E-state index in [-0.39, 0.29) is 5.82 Å². The molecule has 0 bridgehead atoms. The van der Waals surface area contributed by atoms with Crippen molar-refractivity contribution in [2.45, 2.75) is 13.3 Å². The van der Waals surface area contributed by atoms with Crippen molar-refractivity contribution in [1.82, 2.24) is 0 Å². The number of hydrogen-bond acceptors (Lipinski definition) is 2. The van der Waals surface area contributed by atoms with E-state index in [1.54, 1.807) is 6.07 Å². The lowest BCUT2D eigenvalue weighted by molar-refractivity contribution is 0.311. The lowest BCUT2D eigenvalue weighted by atomic mass is 10.2. The number of anilines is 1. The molecule has 0 unspecified atom stereocenters. The molecule has 19 heavy (non-hydrogen) atoms. The van der Waals surface area contributed by atoms with Crippen molar-refractivity contribution in [3.05, 3.63) is 59.9 Å². The van der Waals surface area contributed by atoms with Crippen molar-refractivity contribution in [3.8, 4) is 5.75 Å². The van der Waals surface area contributed by atoms with E-state index in [9.17, 15) is 4.39 Å². The molecule has 0 aliphatic carbocycles. The molecule has 0 atom stereocenters. The number of rotatable bonds is 6. The van der Waals surface area contributed by atoms with Gasteiger partial charge in [0.1, 0.15) is 11.6 Å². The van der Waals surface area contributed by atoms with E-state index in [4.69, 9.17) is 4.74 Å². The molecule has 0 aromatic heterocycles. The number of benzene rings is 2. The highest BCUT2D eigenvalue weighted by Gasteiger charge is 2.01. The van der Waals surface area contributed by atoms with E-state index in [1.807, 2.05) is 37.3 Å². The fourth-order valence-corrected chi connectivity index (χ4v) is 1.77. The maximum Gasteiger partial charge on any atom is 0.126 e. The lowest BCUT2D eigenvalue weighted by Crippen LogP contribution is -2.07. The van der Waals surface area contributed by atoms with Crippen molar-refractivity contribution in [2.24, 2.45) is 0 Å². The number of hydrogen-bond donors (Lipinski definition) is 1. The minimum absolute atomic E-state index is 0.261. The average molecular weight is 259 g/mol. The molecule has 0 saturated carbocycles. The van der Waals surface area contributed by atoms with Crippen LogP contribution in [-0.2, 0) is 0 Å². The molecular formula is C16H18FNO. The van der Waals surface area contributed by atoms with Crippen molar-refractivity contribution in [3.63, 3.8) is 0 Å². The summed E-state index contributed by atoms with van der Waals surface area (Å²) in [5.74, 6) is 0.364. The van der Waals surface area contributed by atoms with Crippen LogP contribution >= 0.6 is 0 Å². The quantitative estimate of drug-likeness (QED) is 0.791. The van der Waals surface area contributed by atoms with Crippen LogP contribution in [0, 0.1) is 12.7 Å². The normalized spacial score (nSPS) is 10.2. The number of para-hydroxylation sites is 1. The average Bonchev–Trinajstić information content (AvgIpc) is 2.43. The van der Waals surface area contributed by atoms with Gasteiger partial charge in [-0.25, -0.2) is 4.39 Å². The molecule has 0 heterocycles. The number of ether oxygens (including phenoxy) is 1. The summed E-state index contributed by atoms with van der Waals surface area (Å²) in [5, 5.41) is 3.30. The van der Waals surface area contributed by atoms with Gasteiger partial charge in [0.05, 0.1) is 6.61 Å². The molecule has 0 radical (unpaired) electrons. The highest BCUT2D eigenvalue weighted by Crippen LogP contribution is 2.18. The number of aryl methyl sites for hydroxylation is 1. The van der Waals surface area contributed by atoms with Crippen molar-refractivity contribution in [2.75, 3.05) is 18.5 Å². The predicted molar refractivity (Wildman–Crippen MR) is 76.2 cm³/mol. The smallest absolute Gasteiger partial charge is 0.126 e. The molecule has 3 heteroatoms. The topological polar surface area (TPSA) is 21.3 Å². The van der Waals surface area contributed by atoms with Gasteiger partial charge >= 0.3 is 0 Å². The van der Waals surface area contributed by atoms with Gasteiger partial charge < -0.3 is 10.1 Å². The van der Waals surface area contributed by atoms with Gasteiger partial charge in [0.15, 0.2) is 0 Å². The highest BCUT2D eigenvalue weighted by molar-refractivity contribution is 5.42. The predicted octanol–water partition coefficient (Wildman–Crippen LogP) is 4.02. The summed E-state index contributed by atoms with van der Waals surface area (Å²) in [4.78, 5) is 0. The zero-order valence-electron chi connectivity index (χ0n) is 11.0. The Morgan fingerprint density at radius 1 is 1.11 bits per heavy atom. The molecular weight excluding hydrogens is 241 g/mol. The first-order valence-corrected chi connectivity index (χ1v) is 6.43. The lowest BCUT2D eigenvalue weighted by Gasteiger charge is -2.10. The molecule has 0 amide bonds. The molecule has 2 aromatic rings. The maximum absolute atomic E-state index is 13.1. The first-order chi connectivity index (χ1) is 9.25. The minimum Gasteiger partial charge on any atom is -0.493 e. The zero-order chi connectivity index (χ0) is 13.5. The fraction of sp³-hybridized carbons (Fsp3) is 0.250. The van der Waals surface area contributed by atoms with Gasteiger partial charge in [-0.2, -0.15) is 0 Å². The molecule has 0 spiro atoms. The van der Waals surface area contributed by atoms with Crippen molar-refractivity contribution < 1.29 is 9.13 Å². The Kier molecular flexibility index (Phi) is 4.78. The van der Waals surface area contributed by atoms with Gasteiger partial charge in [-0.3, -0.25) is 0 Å². The first kappa shape index (κ1) is 13.4. The van der Waals surface area contributed by atoms with E-state index in [2.05, 4.69) is 5.32 Å². The van der Waals surface area contributed by atoms with Crippen LogP contribution in [0.15, 0.2) is 48.5 Å². The summed E-state index contributed by atoms with van der Waals surface area (Å²) in [6.45, 7) is 3.32. The van der Waals surface area contributed by atoms with Crippen molar-refractivity contribution >= 4 is 5.69 Å². The second-order valence-electron chi connectivity index (χ2n) is 4.40. The third kappa shape index (κ3) is 4.28. The summed E-state index contributed by atoms with van der Waals surface area (Å²) in [5.41, 5.74) is 2.06. The molecule has 2 rings (SSSR count). The standard InChI is InChI=1S/C16H18FNO/c1-13-8-9-14(17)12-16(13)19-11-5-10-18-15-6-3-2-4-7-15/h2-4,6-9,12,18H,5,10-11H2,1H3. The van der Waals surface area contributed by atoms with Crippen LogP contribution < -0.4 is 10.1 Å². The summed E-state index contributed by atoms with van der Waals surface area (Å²) >= 11 is 0. The van der Waals surface area contributed by atoms with Crippen LogP contribution in [-0.4, -0.2) is 13.2 Å². The van der Waals surface area contributed by atoms with E-state index in [0.29, 0.717) is 12.4 Å². The maximum atomic E-state index is 13.1. The monoisotopic (exact) mass is 259 g/mol. The third-order valence-electron chi connectivity index (χ3n) is 2.83. The fourth-order valence-electron chi connectivity index (χ4n) is 1.77. The van der Waals surface area contributed by atoms with E-state index < -0.39 is 0 Å². The first-order valence-electron chi connectivity index (χ1n) is 6.43. The van der Waals surface area contributed by atoms with Crippen LogP contribution in [0.3, 0.4) is 0 Å². The second kappa shape index (κ2) is 6.78. The van der Waals surface area contributed by atoms with Crippen LogP contribution in [0.4, 0.5) is 10.1 Å².